The SMILES string of the molecule is C[C@]12CC[C@H]3[C@@H](CC[C@]4(O)CC(=O)CC[C@]34C)[C@@H]1CC[C@@H]2O. The Bertz CT molecular complexity index is 503. The molecule has 0 radical (unpaired) electrons. The topological polar surface area (TPSA) is 57.5 Å². The summed E-state index contributed by atoms with van der Waals surface area (Å²) in [7, 11) is 0. The summed E-state index contributed by atoms with van der Waals surface area (Å²) in [6, 6.07) is 0. The lowest BCUT2D eigenvalue weighted by Crippen LogP contribution is -2.62. The molecule has 3 nitrogen and oxygen atoms in total. The van der Waals surface area contributed by atoms with E-state index in [1.165, 1.54) is 0 Å². The normalized spacial score (nSPS) is 57.9. The van der Waals surface area contributed by atoms with E-state index in [0.29, 0.717) is 30.6 Å². The number of ketones is 1. The van der Waals surface area contributed by atoms with Crippen molar-refractivity contribution in [2.45, 2.75) is 83.3 Å². The van der Waals surface area contributed by atoms with Crippen LogP contribution < -0.4 is 0 Å². The fraction of sp³-hybridized carbons (Fsp3) is 0.947. The molecule has 7 atom stereocenters. The lowest BCUT2D eigenvalue weighted by Gasteiger charge is -2.63. The molecular formula is C19H30O3. The minimum Gasteiger partial charge on any atom is -0.393 e. The number of aliphatic hydroxyl groups excluding tert-OH is 1. The predicted octanol–water partition coefficient (Wildman–Crippen LogP) is 3.07. The van der Waals surface area contributed by atoms with Crippen LogP contribution in [0, 0.1) is 28.6 Å². The molecule has 0 unspecified atom stereocenters. The van der Waals surface area contributed by atoms with Gasteiger partial charge >= 0.3 is 0 Å². The molecule has 0 aliphatic heterocycles. The Morgan fingerprint density at radius 2 is 1.77 bits per heavy atom. The Balaban J connectivity index is 1.68. The van der Waals surface area contributed by atoms with E-state index in [1.807, 2.05) is 0 Å². The van der Waals surface area contributed by atoms with E-state index in [-0.39, 0.29) is 22.7 Å². The van der Waals surface area contributed by atoms with Crippen molar-refractivity contribution in [3.8, 4) is 0 Å². The maximum Gasteiger partial charge on any atom is 0.135 e. The number of carbonyl (C=O) groups excluding carboxylic acids is 1. The number of hydrogen-bond donors (Lipinski definition) is 2. The van der Waals surface area contributed by atoms with Gasteiger partial charge in [-0.3, -0.25) is 4.79 Å². The number of Topliss-reactive ketones (excluding diaryl/α,β-unsaturated/α-hetero) is 1. The number of hydrogen-bond acceptors (Lipinski definition) is 3. The van der Waals surface area contributed by atoms with Crippen molar-refractivity contribution in [2.24, 2.45) is 28.6 Å². The first-order valence-corrected chi connectivity index (χ1v) is 9.22. The van der Waals surface area contributed by atoms with Gasteiger partial charge in [0.25, 0.3) is 0 Å². The highest BCUT2D eigenvalue weighted by Gasteiger charge is 2.64. The van der Waals surface area contributed by atoms with Crippen molar-refractivity contribution < 1.29 is 15.0 Å². The number of rotatable bonds is 0. The van der Waals surface area contributed by atoms with Gasteiger partial charge in [0.2, 0.25) is 0 Å². The predicted molar refractivity (Wildman–Crippen MR) is 84.2 cm³/mol. The highest BCUT2D eigenvalue weighted by Crippen LogP contribution is 2.66. The fourth-order valence-corrected chi connectivity index (χ4v) is 7.01. The maximum absolute atomic E-state index is 11.9. The zero-order valence-electron chi connectivity index (χ0n) is 14.0. The summed E-state index contributed by atoms with van der Waals surface area (Å²) in [6.07, 6.45) is 7.84. The maximum atomic E-state index is 11.9. The average molecular weight is 306 g/mol. The summed E-state index contributed by atoms with van der Waals surface area (Å²) in [5.74, 6) is 2.02. The zero-order chi connectivity index (χ0) is 15.8. The van der Waals surface area contributed by atoms with Crippen LogP contribution >= 0.6 is 0 Å². The summed E-state index contributed by atoms with van der Waals surface area (Å²) < 4.78 is 0. The highest BCUT2D eigenvalue weighted by atomic mass is 16.3. The van der Waals surface area contributed by atoms with Crippen LogP contribution in [0.1, 0.15) is 71.6 Å². The first-order valence-electron chi connectivity index (χ1n) is 9.22. The molecule has 0 aromatic heterocycles. The molecule has 2 N–H and O–H groups in total. The largest absolute Gasteiger partial charge is 0.393 e. The second kappa shape index (κ2) is 4.57. The second-order valence-electron chi connectivity index (χ2n) is 9.22. The van der Waals surface area contributed by atoms with Crippen molar-refractivity contribution in [1.82, 2.24) is 0 Å². The van der Waals surface area contributed by atoms with Gasteiger partial charge in [0.1, 0.15) is 5.78 Å². The number of aliphatic hydroxyl groups is 2. The van der Waals surface area contributed by atoms with Gasteiger partial charge in [-0.15, -0.1) is 0 Å². The molecule has 4 aliphatic rings. The molecule has 4 rings (SSSR count). The average Bonchev–Trinajstić information content (AvgIpc) is 2.76. The van der Waals surface area contributed by atoms with E-state index in [1.54, 1.807) is 0 Å². The van der Waals surface area contributed by atoms with Gasteiger partial charge in [-0.25, -0.2) is 0 Å². The minimum atomic E-state index is -0.769. The third-order valence-electron chi connectivity index (χ3n) is 8.57. The van der Waals surface area contributed by atoms with Crippen LogP contribution in [-0.4, -0.2) is 27.7 Å². The van der Waals surface area contributed by atoms with Gasteiger partial charge in [0.15, 0.2) is 0 Å². The molecule has 124 valence electrons. The van der Waals surface area contributed by atoms with E-state index in [2.05, 4.69) is 13.8 Å². The molecule has 0 bridgehead atoms. The summed E-state index contributed by atoms with van der Waals surface area (Å²) in [5.41, 5.74) is -0.773. The lowest BCUT2D eigenvalue weighted by molar-refractivity contribution is -0.205. The van der Waals surface area contributed by atoms with Crippen LogP contribution in [0.25, 0.3) is 0 Å². The van der Waals surface area contributed by atoms with Crippen LogP contribution in [0.15, 0.2) is 0 Å². The van der Waals surface area contributed by atoms with Crippen molar-refractivity contribution in [3.63, 3.8) is 0 Å². The van der Waals surface area contributed by atoms with Gasteiger partial charge in [-0.05, 0) is 68.1 Å². The number of carbonyl (C=O) groups is 1. The van der Waals surface area contributed by atoms with E-state index in [0.717, 1.165) is 44.9 Å². The van der Waals surface area contributed by atoms with Gasteiger partial charge in [0.05, 0.1) is 11.7 Å². The van der Waals surface area contributed by atoms with Crippen molar-refractivity contribution >= 4 is 5.78 Å². The van der Waals surface area contributed by atoms with Crippen LogP contribution in [0.5, 0.6) is 0 Å². The molecule has 0 spiro atoms. The third kappa shape index (κ3) is 1.73. The molecular weight excluding hydrogens is 276 g/mol. The van der Waals surface area contributed by atoms with Crippen LogP contribution in [0.4, 0.5) is 0 Å². The van der Waals surface area contributed by atoms with E-state index in [4.69, 9.17) is 0 Å². The molecule has 0 aromatic carbocycles. The highest BCUT2D eigenvalue weighted by molar-refractivity contribution is 5.80. The molecule has 4 aliphatic carbocycles. The Hall–Kier alpha value is -0.410. The van der Waals surface area contributed by atoms with E-state index >= 15 is 0 Å². The molecule has 3 heteroatoms. The monoisotopic (exact) mass is 306 g/mol. The zero-order valence-corrected chi connectivity index (χ0v) is 14.0. The van der Waals surface area contributed by atoms with Crippen LogP contribution in [0.2, 0.25) is 0 Å². The fourth-order valence-electron chi connectivity index (χ4n) is 7.01. The molecule has 0 heterocycles. The Labute approximate surface area is 133 Å². The quantitative estimate of drug-likeness (QED) is 0.723. The van der Waals surface area contributed by atoms with Crippen LogP contribution in [0.3, 0.4) is 0 Å². The summed E-state index contributed by atoms with van der Waals surface area (Å²) >= 11 is 0. The molecule has 0 saturated heterocycles. The Kier molecular flexibility index (Phi) is 3.14. The molecule has 22 heavy (non-hydrogen) atoms. The standard InChI is InChI=1S/C19H30O3/c1-17-8-7-15-13(14(17)3-4-16(17)21)6-10-19(22)11-12(20)5-9-18(15,19)2/h13-16,21-22H,3-11H2,1-2H3/t13-,14-,15-,16-,17-,18+,19-/m0/s1. The van der Waals surface area contributed by atoms with Gasteiger partial charge in [-0.1, -0.05) is 13.8 Å². The second-order valence-corrected chi connectivity index (χ2v) is 9.22. The van der Waals surface area contributed by atoms with Crippen molar-refractivity contribution in [1.29, 1.82) is 0 Å². The van der Waals surface area contributed by atoms with Crippen LogP contribution in [-0.2, 0) is 4.79 Å². The van der Waals surface area contributed by atoms with Gasteiger partial charge in [0, 0.05) is 18.3 Å². The first-order chi connectivity index (χ1) is 10.3. The first kappa shape index (κ1) is 15.1. The molecule has 4 fully saturated rings. The number of fused-ring (bicyclic) bond motifs is 5. The third-order valence-corrected chi connectivity index (χ3v) is 8.57. The molecule has 0 amide bonds. The Morgan fingerprint density at radius 3 is 2.55 bits per heavy atom. The smallest absolute Gasteiger partial charge is 0.135 e. The molecule has 0 aromatic rings. The summed E-state index contributed by atoms with van der Waals surface area (Å²) in [5, 5.41) is 21.7. The molecule has 4 saturated carbocycles. The van der Waals surface area contributed by atoms with E-state index < -0.39 is 5.60 Å². The van der Waals surface area contributed by atoms with Gasteiger partial charge < -0.3 is 10.2 Å². The van der Waals surface area contributed by atoms with E-state index in [9.17, 15) is 15.0 Å². The summed E-state index contributed by atoms with van der Waals surface area (Å²) in [6.45, 7) is 4.55. The van der Waals surface area contributed by atoms with Gasteiger partial charge in [-0.2, -0.15) is 0 Å². The summed E-state index contributed by atoms with van der Waals surface area (Å²) in [4.78, 5) is 11.9. The van der Waals surface area contributed by atoms with Crippen molar-refractivity contribution in [3.05, 3.63) is 0 Å². The minimum absolute atomic E-state index is 0.0947. The Morgan fingerprint density at radius 1 is 1.00 bits per heavy atom. The van der Waals surface area contributed by atoms with Crippen molar-refractivity contribution in [2.75, 3.05) is 0 Å². The lowest BCUT2D eigenvalue weighted by atomic mass is 9.43.